The number of aliphatic imine (C=N–C) groups is 1. The first kappa shape index (κ1) is 19.9. The molecule has 26 heavy (non-hydrogen) atoms. The van der Waals surface area contributed by atoms with E-state index in [9.17, 15) is 4.39 Å². The number of aryl methyl sites for hydroxylation is 1. The number of rotatable bonds is 7. The summed E-state index contributed by atoms with van der Waals surface area (Å²) >= 11 is 0. The van der Waals surface area contributed by atoms with Gasteiger partial charge in [0.15, 0.2) is 11.8 Å². The Bertz CT molecular complexity index is 741. The summed E-state index contributed by atoms with van der Waals surface area (Å²) < 4.78 is 19.0. The molecule has 0 spiro atoms. The Kier molecular flexibility index (Phi) is 7.12. The molecule has 0 saturated carbocycles. The van der Waals surface area contributed by atoms with E-state index in [1.165, 1.54) is 0 Å². The number of hydrogen-bond acceptors (Lipinski definition) is 4. The molecule has 0 aliphatic carbocycles. The fraction of sp³-hybridized carbons (Fsp3) is 0.526. The number of aromatic nitrogens is 2. The van der Waals surface area contributed by atoms with Crippen LogP contribution in [0.1, 0.15) is 62.5 Å². The monoisotopic (exact) mass is 361 g/mol. The zero-order valence-corrected chi connectivity index (χ0v) is 16.1. The average molecular weight is 361 g/mol. The number of nitrogens with one attached hydrogen (secondary N) is 2. The molecule has 1 aromatic heterocycles. The summed E-state index contributed by atoms with van der Waals surface area (Å²) in [5.74, 6) is 2.01. The number of hydrogen-bond donors (Lipinski definition) is 2. The van der Waals surface area contributed by atoms with E-state index in [0.29, 0.717) is 36.2 Å². The number of halogens is 1. The number of benzene rings is 1. The molecule has 0 aliphatic heterocycles. The van der Waals surface area contributed by atoms with Crippen molar-refractivity contribution in [1.82, 2.24) is 20.8 Å². The molecule has 2 rings (SSSR count). The van der Waals surface area contributed by atoms with Crippen molar-refractivity contribution >= 4 is 5.96 Å². The first-order valence-corrected chi connectivity index (χ1v) is 9.04. The second kappa shape index (κ2) is 9.31. The second-order valence-corrected chi connectivity index (χ2v) is 6.59. The molecule has 7 heteroatoms. The van der Waals surface area contributed by atoms with Crippen LogP contribution in [0.5, 0.6) is 0 Å². The van der Waals surface area contributed by atoms with Crippen molar-refractivity contribution in [1.29, 1.82) is 0 Å². The summed E-state index contributed by atoms with van der Waals surface area (Å²) in [6.45, 7) is 11.0. The third kappa shape index (κ3) is 5.54. The van der Waals surface area contributed by atoms with Gasteiger partial charge >= 0.3 is 0 Å². The van der Waals surface area contributed by atoms with Crippen LogP contribution in [0.3, 0.4) is 0 Å². The zero-order valence-electron chi connectivity index (χ0n) is 16.1. The van der Waals surface area contributed by atoms with Crippen LogP contribution in [-0.4, -0.2) is 29.2 Å². The third-order valence-electron chi connectivity index (χ3n) is 3.99. The van der Waals surface area contributed by atoms with E-state index in [0.717, 1.165) is 12.1 Å². The lowest BCUT2D eigenvalue weighted by Gasteiger charge is -2.18. The van der Waals surface area contributed by atoms with E-state index in [4.69, 9.17) is 4.52 Å². The van der Waals surface area contributed by atoms with Crippen molar-refractivity contribution in [3.05, 3.63) is 46.9 Å². The maximum absolute atomic E-state index is 13.8. The molecule has 1 unspecified atom stereocenters. The van der Waals surface area contributed by atoms with Gasteiger partial charge in [-0.1, -0.05) is 31.1 Å². The van der Waals surface area contributed by atoms with Crippen LogP contribution in [0.2, 0.25) is 0 Å². The molecular weight excluding hydrogens is 333 g/mol. The first-order chi connectivity index (χ1) is 12.4. The minimum Gasteiger partial charge on any atom is -0.357 e. The van der Waals surface area contributed by atoms with E-state index in [-0.39, 0.29) is 17.8 Å². The molecular formula is C19H28FN5O. The van der Waals surface area contributed by atoms with Crippen LogP contribution in [0.25, 0.3) is 0 Å². The smallest absolute Gasteiger partial charge is 0.228 e. The third-order valence-corrected chi connectivity index (χ3v) is 3.99. The maximum Gasteiger partial charge on any atom is 0.228 e. The lowest BCUT2D eigenvalue weighted by atomic mass is 10.1. The first-order valence-electron chi connectivity index (χ1n) is 9.04. The normalized spacial score (nSPS) is 13.1. The van der Waals surface area contributed by atoms with Gasteiger partial charge in [-0.05, 0) is 38.0 Å². The summed E-state index contributed by atoms with van der Waals surface area (Å²) in [7, 11) is 0. The van der Waals surface area contributed by atoms with E-state index in [2.05, 4.69) is 25.8 Å². The predicted molar refractivity (Wildman–Crippen MR) is 101 cm³/mol. The van der Waals surface area contributed by atoms with E-state index in [1.807, 2.05) is 33.8 Å². The number of guanidine groups is 1. The van der Waals surface area contributed by atoms with Gasteiger partial charge in [0, 0.05) is 18.9 Å². The van der Waals surface area contributed by atoms with Crippen molar-refractivity contribution in [3.8, 4) is 0 Å². The molecule has 0 bridgehead atoms. The predicted octanol–water partition coefficient (Wildman–Crippen LogP) is 3.50. The lowest BCUT2D eigenvalue weighted by Crippen LogP contribution is -2.39. The van der Waals surface area contributed by atoms with E-state index < -0.39 is 0 Å². The summed E-state index contributed by atoms with van der Waals surface area (Å²) in [6, 6.07) is 5.20. The topological polar surface area (TPSA) is 75.3 Å². The fourth-order valence-electron chi connectivity index (χ4n) is 2.35. The van der Waals surface area contributed by atoms with Crippen molar-refractivity contribution in [2.24, 2.45) is 4.99 Å². The summed E-state index contributed by atoms with van der Waals surface area (Å²) in [4.78, 5) is 8.89. The molecule has 0 fully saturated rings. The van der Waals surface area contributed by atoms with E-state index >= 15 is 0 Å². The highest BCUT2D eigenvalue weighted by molar-refractivity contribution is 5.80. The van der Waals surface area contributed by atoms with Crippen LogP contribution in [-0.2, 0) is 6.42 Å². The van der Waals surface area contributed by atoms with Gasteiger partial charge in [0.1, 0.15) is 5.82 Å². The van der Waals surface area contributed by atoms with Crippen molar-refractivity contribution in [2.45, 2.75) is 53.0 Å². The maximum atomic E-state index is 13.8. The molecule has 1 heterocycles. The molecule has 1 atom stereocenters. The van der Waals surface area contributed by atoms with E-state index in [1.54, 1.807) is 19.1 Å². The van der Waals surface area contributed by atoms with Crippen LogP contribution in [0, 0.1) is 12.7 Å². The summed E-state index contributed by atoms with van der Waals surface area (Å²) in [5, 5.41) is 10.4. The van der Waals surface area contributed by atoms with Gasteiger partial charge in [0.2, 0.25) is 5.89 Å². The van der Waals surface area contributed by atoms with Gasteiger partial charge in [0.05, 0.1) is 12.6 Å². The average Bonchev–Trinajstić information content (AvgIpc) is 3.06. The second-order valence-electron chi connectivity index (χ2n) is 6.59. The van der Waals surface area contributed by atoms with Crippen molar-refractivity contribution < 1.29 is 8.91 Å². The minimum atomic E-state index is -0.199. The molecule has 0 saturated heterocycles. The van der Waals surface area contributed by atoms with Crippen LogP contribution in [0.4, 0.5) is 4.39 Å². The Labute approximate surface area is 154 Å². The minimum absolute atomic E-state index is 0.0705. The molecule has 2 aromatic rings. The van der Waals surface area contributed by atoms with Crippen LogP contribution in [0.15, 0.2) is 27.7 Å². The Morgan fingerprint density at radius 3 is 2.69 bits per heavy atom. The van der Waals surface area contributed by atoms with Gasteiger partial charge in [-0.3, -0.25) is 4.99 Å². The van der Waals surface area contributed by atoms with Crippen molar-refractivity contribution in [2.75, 3.05) is 13.1 Å². The molecule has 1 aromatic carbocycles. The standard InChI is InChI=1S/C19H28FN5O/c1-6-21-19(22-10-9-17-24-18(12(2)3)25-26-17)23-14(5)15-8-7-13(4)16(20)11-15/h7-8,11-12,14H,6,9-10H2,1-5H3,(H2,21,22,23). The van der Waals surface area contributed by atoms with Gasteiger partial charge in [-0.2, -0.15) is 4.98 Å². The van der Waals surface area contributed by atoms with Gasteiger partial charge in [-0.25, -0.2) is 4.39 Å². The lowest BCUT2D eigenvalue weighted by molar-refractivity contribution is 0.372. The van der Waals surface area contributed by atoms with Crippen LogP contribution < -0.4 is 10.6 Å². The highest BCUT2D eigenvalue weighted by Gasteiger charge is 2.11. The molecule has 6 nitrogen and oxygen atoms in total. The Morgan fingerprint density at radius 2 is 2.08 bits per heavy atom. The largest absolute Gasteiger partial charge is 0.357 e. The Hall–Kier alpha value is -2.44. The van der Waals surface area contributed by atoms with Crippen molar-refractivity contribution in [3.63, 3.8) is 0 Å². The van der Waals surface area contributed by atoms with Gasteiger partial charge < -0.3 is 15.2 Å². The Balaban J connectivity index is 1.97. The zero-order chi connectivity index (χ0) is 19.1. The van der Waals surface area contributed by atoms with Gasteiger partial charge in [0.25, 0.3) is 0 Å². The molecule has 0 radical (unpaired) electrons. The highest BCUT2D eigenvalue weighted by atomic mass is 19.1. The molecule has 2 N–H and O–H groups in total. The molecule has 0 amide bonds. The summed E-state index contributed by atoms with van der Waals surface area (Å²) in [5.41, 5.74) is 1.51. The summed E-state index contributed by atoms with van der Waals surface area (Å²) in [6.07, 6.45) is 0.573. The highest BCUT2D eigenvalue weighted by Crippen LogP contribution is 2.16. The fourth-order valence-corrected chi connectivity index (χ4v) is 2.35. The SMILES string of the molecule is CCNC(=NCCc1nc(C(C)C)no1)NC(C)c1ccc(C)c(F)c1. The molecule has 142 valence electrons. The van der Waals surface area contributed by atoms with Crippen LogP contribution >= 0.6 is 0 Å². The quantitative estimate of drug-likeness (QED) is 0.583. The number of nitrogens with zero attached hydrogens (tertiary/aromatic N) is 3. The Morgan fingerprint density at radius 1 is 1.31 bits per heavy atom. The molecule has 0 aliphatic rings. The van der Waals surface area contributed by atoms with Gasteiger partial charge in [-0.15, -0.1) is 0 Å².